The number of nitrogen functional groups attached to an aromatic ring is 1. The van der Waals surface area contributed by atoms with Crippen LogP contribution < -0.4 is 10.5 Å². The summed E-state index contributed by atoms with van der Waals surface area (Å²) in [4.78, 5) is 15.7. The van der Waals surface area contributed by atoms with Gasteiger partial charge in [-0.25, -0.2) is 31.8 Å². The SMILES string of the molecule is CN(CCCCOc1cc2c(N)nc(-c3ccc(S(=O)(=O)c4ccccc4)cc3)nc2cn1)CCS(C)(=O)=O. The van der Waals surface area contributed by atoms with Gasteiger partial charge in [0.05, 0.1) is 33.9 Å². The number of hydrogen-bond acceptors (Lipinski definition) is 10. The van der Waals surface area contributed by atoms with Gasteiger partial charge in [0.1, 0.15) is 15.7 Å². The first-order chi connectivity index (χ1) is 18.5. The van der Waals surface area contributed by atoms with Gasteiger partial charge >= 0.3 is 0 Å². The molecule has 0 amide bonds. The van der Waals surface area contributed by atoms with Gasteiger partial charge in [-0.05, 0) is 62.8 Å². The zero-order valence-electron chi connectivity index (χ0n) is 21.8. The molecular weight excluding hydrogens is 538 g/mol. The molecule has 39 heavy (non-hydrogen) atoms. The van der Waals surface area contributed by atoms with Crippen molar-refractivity contribution in [1.82, 2.24) is 19.9 Å². The van der Waals surface area contributed by atoms with E-state index in [2.05, 4.69) is 15.0 Å². The third kappa shape index (κ3) is 7.49. The highest BCUT2D eigenvalue weighted by atomic mass is 32.2. The Bertz CT molecular complexity index is 1650. The molecule has 0 bridgehead atoms. The van der Waals surface area contributed by atoms with Crippen LogP contribution in [0.1, 0.15) is 12.8 Å². The fourth-order valence-electron chi connectivity index (χ4n) is 3.86. The molecule has 0 saturated heterocycles. The Morgan fingerprint density at radius 3 is 2.28 bits per heavy atom. The maximum atomic E-state index is 12.8. The van der Waals surface area contributed by atoms with Crippen molar-refractivity contribution in [1.29, 1.82) is 0 Å². The molecule has 2 aromatic carbocycles. The van der Waals surface area contributed by atoms with E-state index in [1.807, 2.05) is 11.9 Å². The molecule has 0 atom stereocenters. The zero-order valence-corrected chi connectivity index (χ0v) is 23.5. The van der Waals surface area contributed by atoms with E-state index in [0.717, 1.165) is 19.4 Å². The number of anilines is 1. The second-order valence-electron chi connectivity index (χ2n) is 9.30. The maximum absolute atomic E-state index is 12.8. The average molecular weight is 570 g/mol. The van der Waals surface area contributed by atoms with E-state index >= 15 is 0 Å². The number of hydrogen-bond donors (Lipinski definition) is 1. The standard InChI is InChI=1S/C27H31N5O5S2/c1-32(15-17-38(2,33)34)14-6-7-16-37-25-18-23-24(19-29-25)30-27(31-26(23)28)20-10-12-22(13-11-20)39(35,36)21-8-4-3-5-9-21/h3-5,8-13,18-19H,6-7,14-17H2,1-2H3,(H2,28,30,31). The van der Waals surface area contributed by atoms with Crippen LogP contribution in [0.3, 0.4) is 0 Å². The van der Waals surface area contributed by atoms with Crippen LogP contribution in [0.25, 0.3) is 22.3 Å². The molecule has 0 spiro atoms. The van der Waals surface area contributed by atoms with E-state index < -0.39 is 19.7 Å². The third-order valence-electron chi connectivity index (χ3n) is 6.09. The number of nitrogens with zero attached hydrogens (tertiary/aromatic N) is 4. The highest BCUT2D eigenvalue weighted by Crippen LogP contribution is 2.27. The predicted molar refractivity (Wildman–Crippen MR) is 151 cm³/mol. The number of pyridine rings is 1. The molecule has 2 heterocycles. The first-order valence-electron chi connectivity index (χ1n) is 12.4. The summed E-state index contributed by atoms with van der Waals surface area (Å²) in [5, 5.41) is 0.604. The highest BCUT2D eigenvalue weighted by molar-refractivity contribution is 7.91. The molecule has 0 unspecified atom stereocenters. The van der Waals surface area contributed by atoms with Crippen LogP contribution in [0.15, 0.2) is 76.7 Å². The van der Waals surface area contributed by atoms with Gasteiger partial charge in [0.25, 0.3) is 0 Å². The molecule has 12 heteroatoms. The van der Waals surface area contributed by atoms with E-state index in [9.17, 15) is 16.8 Å². The molecule has 0 aliphatic heterocycles. The second-order valence-corrected chi connectivity index (χ2v) is 13.5. The number of sulfone groups is 2. The quantitative estimate of drug-likeness (QED) is 0.252. The first-order valence-corrected chi connectivity index (χ1v) is 15.9. The highest BCUT2D eigenvalue weighted by Gasteiger charge is 2.18. The van der Waals surface area contributed by atoms with Crippen molar-refractivity contribution in [3.8, 4) is 17.3 Å². The average Bonchev–Trinajstić information content (AvgIpc) is 2.92. The molecule has 206 valence electrons. The van der Waals surface area contributed by atoms with Crippen LogP contribution in [-0.4, -0.2) is 75.4 Å². The summed E-state index contributed by atoms with van der Waals surface area (Å²) in [6.45, 7) is 1.73. The first kappa shape index (κ1) is 28.4. The lowest BCUT2D eigenvalue weighted by Crippen LogP contribution is -2.26. The molecule has 10 nitrogen and oxygen atoms in total. The summed E-state index contributed by atoms with van der Waals surface area (Å²) in [6, 6.07) is 16.3. The lowest BCUT2D eigenvalue weighted by molar-refractivity contribution is 0.277. The van der Waals surface area contributed by atoms with Crippen LogP contribution in [0.4, 0.5) is 5.82 Å². The fraction of sp³-hybridized carbons (Fsp3) is 0.296. The number of benzene rings is 2. The minimum atomic E-state index is -3.62. The molecule has 4 aromatic rings. The Hall–Kier alpha value is -3.61. The van der Waals surface area contributed by atoms with Gasteiger partial charge in [0.2, 0.25) is 15.7 Å². The van der Waals surface area contributed by atoms with Crippen molar-refractivity contribution in [3.05, 3.63) is 66.9 Å². The van der Waals surface area contributed by atoms with Crippen LogP contribution >= 0.6 is 0 Å². The zero-order chi connectivity index (χ0) is 28.0. The van der Waals surface area contributed by atoms with E-state index in [1.54, 1.807) is 54.7 Å². The van der Waals surface area contributed by atoms with Gasteiger partial charge < -0.3 is 15.4 Å². The van der Waals surface area contributed by atoms with Crippen LogP contribution in [0, 0.1) is 0 Å². The van der Waals surface area contributed by atoms with Crippen molar-refractivity contribution in [2.75, 3.05) is 44.5 Å². The maximum Gasteiger partial charge on any atom is 0.214 e. The molecule has 2 N–H and O–H groups in total. The lowest BCUT2D eigenvalue weighted by Gasteiger charge is -2.15. The van der Waals surface area contributed by atoms with Crippen molar-refractivity contribution in [2.24, 2.45) is 0 Å². The number of nitrogens with two attached hydrogens (primary N) is 1. The summed E-state index contributed by atoms with van der Waals surface area (Å²) >= 11 is 0. The molecule has 0 saturated carbocycles. The number of unbranched alkanes of at least 4 members (excludes halogenated alkanes) is 1. The monoisotopic (exact) mass is 569 g/mol. The minimum Gasteiger partial charge on any atom is -0.478 e. The van der Waals surface area contributed by atoms with Gasteiger partial charge in [-0.2, -0.15) is 0 Å². The molecule has 4 rings (SSSR count). The fourth-order valence-corrected chi connectivity index (χ4v) is 5.78. The van der Waals surface area contributed by atoms with E-state index in [4.69, 9.17) is 10.5 Å². The van der Waals surface area contributed by atoms with Gasteiger partial charge in [0.15, 0.2) is 5.82 Å². The number of rotatable bonds is 12. The Morgan fingerprint density at radius 2 is 1.59 bits per heavy atom. The Morgan fingerprint density at radius 1 is 0.897 bits per heavy atom. The summed E-state index contributed by atoms with van der Waals surface area (Å²) in [7, 11) is -4.69. The van der Waals surface area contributed by atoms with Crippen molar-refractivity contribution in [2.45, 2.75) is 22.6 Å². The van der Waals surface area contributed by atoms with E-state index in [1.165, 1.54) is 18.4 Å². The molecular formula is C27H31N5O5S2. The smallest absolute Gasteiger partial charge is 0.214 e. The molecule has 0 radical (unpaired) electrons. The van der Waals surface area contributed by atoms with Gasteiger partial charge in [0, 0.05) is 29.8 Å². The van der Waals surface area contributed by atoms with Gasteiger partial charge in [-0.3, -0.25) is 0 Å². The second kappa shape index (κ2) is 12.1. The molecule has 2 aromatic heterocycles. The van der Waals surface area contributed by atoms with Crippen molar-refractivity contribution >= 4 is 36.4 Å². The Labute approximate surface area is 228 Å². The predicted octanol–water partition coefficient (Wildman–Crippen LogP) is 3.24. The summed E-state index contributed by atoms with van der Waals surface area (Å²) < 4.78 is 54.0. The third-order valence-corrected chi connectivity index (χ3v) is 8.80. The lowest BCUT2D eigenvalue weighted by atomic mass is 10.2. The van der Waals surface area contributed by atoms with Crippen LogP contribution in [0.2, 0.25) is 0 Å². The van der Waals surface area contributed by atoms with Gasteiger partial charge in [-0.15, -0.1) is 0 Å². The Balaban J connectivity index is 1.38. The van der Waals surface area contributed by atoms with Crippen LogP contribution in [-0.2, 0) is 19.7 Å². The molecule has 0 aliphatic rings. The summed E-state index contributed by atoms with van der Waals surface area (Å²) in [5.41, 5.74) is 7.39. The summed E-state index contributed by atoms with van der Waals surface area (Å²) in [5.74, 6) is 1.18. The van der Waals surface area contributed by atoms with Crippen molar-refractivity contribution in [3.63, 3.8) is 0 Å². The number of aromatic nitrogens is 3. The molecule has 0 aliphatic carbocycles. The topological polar surface area (TPSA) is 145 Å². The minimum absolute atomic E-state index is 0.147. The van der Waals surface area contributed by atoms with Crippen LogP contribution in [0.5, 0.6) is 5.88 Å². The normalized spacial score (nSPS) is 12.2. The largest absolute Gasteiger partial charge is 0.478 e. The number of ether oxygens (including phenoxy) is 1. The molecule has 0 fully saturated rings. The number of fused-ring (bicyclic) bond motifs is 1. The van der Waals surface area contributed by atoms with Gasteiger partial charge in [-0.1, -0.05) is 18.2 Å². The van der Waals surface area contributed by atoms with E-state index in [0.29, 0.717) is 41.3 Å². The summed E-state index contributed by atoms with van der Waals surface area (Å²) in [6.07, 6.45) is 4.44. The Kier molecular flexibility index (Phi) is 8.78. The van der Waals surface area contributed by atoms with E-state index in [-0.39, 0.29) is 21.4 Å². The van der Waals surface area contributed by atoms with Crippen molar-refractivity contribution < 1.29 is 21.6 Å².